The summed E-state index contributed by atoms with van der Waals surface area (Å²) in [6.45, 7) is 3.88. The van der Waals surface area contributed by atoms with Crippen molar-refractivity contribution in [1.29, 1.82) is 0 Å². The number of urea groups is 1. The van der Waals surface area contributed by atoms with E-state index in [-0.39, 0.29) is 43.3 Å². The van der Waals surface area contributed by atoms with E-state index in [2.05, 4.69) is 20.9 Å². The summed E-state index contributed by atoms with van der Waals surface area (Å²) in [4.78, 5) is 55.2. The van der Waals surface area contributed by atoms with E-state index < -0.39 is 17.9 Å². The zero-order chi connectivity index (χ0) is 22.8. The Kier molecular flexibility index (Phi) is 5.89. The van der Waals surface area contributed by atoms with E-state index in [1.54, 1.807) is 13.0 Å². The van der Waals surface area contributed by atoms with Gasteiger partial charge in [0.1, 0.15) is 11.9 Å². The quantitative estimate of drug-likeness (QED) is 0.623. The molecule has 0 spiro atoms. The van der Waals surface area contributed by atoms with Crippen molar-refractivity contribution in [1.82, 2.24) is 15.5 Å². The number of carbonyl (C=O) groups is 4. The highest BCUT2D eigenvalue weighted by atomic mass is 16.2. The van der Waals surface area contributed by atoms with Gasteiger partial charge in [0.05, 0.1) is 12.0 Å². The maximum atomic E-state index is 13.3. The first kappa shape index (κ1) is 21.5. The number of carbonyl (C=O) groups excluding carboxylic acids is 4. The number of anilines is 1. The molecule has 5 amide bonds. The van der Waals surface area contributed by atoms with Crippen molar-refractivity contribution in [3.8, 4) is 0 Å². The number of benzene rings is 1. The number of amidine groups is 1. The van der Waals surface area contributed by atoms with Crippen molar-refractivity contribution in [3.63, 3.8) is 0 Å². The molecule has 1 fully saturated rings. The number of amides is 5. The lowest BCUT2D eigenvalue weighted by atomic mass is 9.88. The van der Waals surface area contributed by atoms with Crippen LogP contribution in [0.2, 0.25) is 0 Å². The molecule has 1 aliphatic carbocycles. The van der Waals surface area contributed by atoms with E-state index in [1.165, 1.54) is 4.90 Å². The predicted octanol–water partition coefficient (Wildman–Crippen LogP) is 1.66. The summed E-state index contributed by atoms with van der Waals surface area (Å²) in [6.07, 6.45) is 5.92. The first-order chi connectivity index (χ1) is 15.3. The van der Waals surface area contributed by atoms with Crippen LogP contribution in [0.3, 0.4) is 0 Å². The van der Waals surface area contributed by atoms with Crippen LogP contribution in [0, 0.1) is 12.8 Å². The standard InChI is InChI=1S/C23H25N5O4/c1-13-4-3-5-16(10-13)26-23(32)24-12-15-6-7-18-17(11-15)22(31)28(14(2)25-18)19-8-9-20(29)27-21(19)30/h3-7,10-11,17-19H,8-9,12H2,1-2H3,(H2,24,26,32)(H,27,29,30). The van der Waals surface area contributed by atoms with Gasteiger partial charge in [-0.2, -0.15) is 0 Å². The van der Waals surface area contributed by atoms with Gasteiger partial charge in [-0.05, 0) is 43.5 Å². The van der Waals surface area contributed by atoms with E-state index >= 15 is 0 Å². The van der Waals surface area contributed by atoms with Gasteiger partial charge in [0, 0.05) is 18.7 Å². The van der Waals surface area contributed by atoms with Crippen molar-refractivity contribution < 1.29 is 19.2 Å². The van der Waals surface area contributed by atoms with Crippen LogP contribution in [0.25, 0.3) is 0 Å². The Bertz CT molecular complexity index is 1070. The molecule has 4 rings (SSSR count). The van der Waals surface area contributed by atoms with Gasteiger partial charge in [-0.15, -0.1) is 0 Å². The summed E-state index contributed by atoms with van der Waals surface area (Å²) >= 11 is 0. The Hall–Kier alpha value is -3.75. The van der Waals surface area contributed by atoms with Crippen molar-refractivity contribution >= 4 is 35.3 Å². The van der Waals surface area contributed by atoms with E-state index in [1.807, 2.05) is 43.3 Å². The molecule has 1 aromatic carbocycles. The molecule has 2 heterocycles. The molecule has 32 heavy (non-hydrogen) atoms. The Morgan fingerprint density at radius 3 is 2.81 bits per heavy atom. The van der Waals surface area contributed by atoms with Gasteiger partial charge in [-0.25, -0.2) is 4.79 Å². The molecule has 2 aliphatic heterocycles. The number of nitrogens with zero attached hydrogens (tertiary/aromatic N) is 2. The molecule has 9 heteroatoms. The second-order valence-corrected chi connectivity index (χ2v) is 8.15. The third-order valence-electron chi connectivity index (χ3n) is 5.73. The molecule has 166 valence electrons. The molecular formula is C23H25N5O4. The highest BCUT2D eigenvalue weighted by Crippen LogP contribution is 2.29. The monoisotopic (exact) mass is 435 g/mol. The molecule has 0 saturated carbocycles. The molecule has 0 aromatic heterocycles. The number of aryl methyl sites for hydroxylation is 1. The van der Waals surface area contributed by atoms with Gasteiger partial charge >= 0.3 is 6.03 Å². The van der Waals surface area contributed by atoms with Crippen LogP contribution in [0.5, 0.6) is 0 Å². The molecule has 9 nitrogen and oxygen atoms in total. The van der Waals surface area contributed by atoms with Gasteiger partial charge in [0.25, 0.3) is 0 Å². The highest BCUT2D eigenvalue weighted by molar-refractivity contribution is 6.08. The Morgan fingerprint density at radius 2 is 2.06 bits per heavy atom. The van der Waals surface area contributed by atoms with Gasteiger partial charge in [-0.3, -0.25) is 29.6 Å². The molecule has 3 N–H and O–H groups in total. The first-order valence-corrected chi connectivity index (χ1v) is 10.5. The number of rotatable bonds is 4. The minimum atomic E-state index is -0.745. The first-order valence-electron chi connectivity index (χ1n) is 10.5. The number of fused-ring (bicyclic) bond motifs is 1. The number of hydrogen-bond acceptors (Lipinski definition) is 5. The molecule has 3 unspecified atom stereocenters. The lowest BCUT2D eigenvalue weighted by Crippen LogP contribution is -2.59. The van der Waals surface area contributed by atoms with Crippen LogP contribution >= 0.6 is 0 Å². The molecular weight excluding hydrogens is 410 g/mol. The van der Waals surface area contributed by atoms with Crippen LogP contribution in [0.1, 0.15) is 25.3 Å². The maximum Gasteiger partial charge on any atom is 0.319 e. The van der Waals surface area contributed by atoms with Crippen LogP contribution in [-0.2, 0) is 14.4 Å². The van der Waals surface area contributed by atoms with Crippen molar-refractivity contribution in [3.05, 3.63) is 53.6 Å². The summed E-state index contributed by atoms with van der Waals surface area (Å²) in [5.41, 5.74) is 2.51. The third-order valence-corrected chi connectivity index (χ3v) is 5.73. The summed E-state index contributed by atoms with van der Waals surface area (Å²) in [5.74, 6) is -1.15. The minimum absolute atomic E-state index is 0.183. The Balaban J connectivity index is 1.42. The van der Waals surface area contributed by atoms with Crippen molar-refractivity contribution in [2.24, 2.45) is 10.9 Å². The zero-order valence-electron chi connectivity index (χ0n) is 17.9. The van der Waals surface area contributed by atoms with Crippen LogP contribution in [0.4, 0.5) is 10.5 Å². The van der Waals surface area contributed by atoms with Gasteiger partial charge in [0.2, 0.25) is 17.7 Å². The largest absolute Gasteiger partial charge is 0.334 e. The van der Waals surface area contributed by atoms with Crippen LogP contribution in [0.15, 0.2) is 53.1 Å². The number of imide groups is 1. The lowest BCUT2D eigenvalue weighted by Gasteiger charge is -2.39. The van der Waals surface area contributed by atoms with E-state index in [0.717, 1.165) is 11.1 Å². The number of aliphatic imine (C=N–C) groups is 1. The lowest BCUT2D eigenvalue weighted by molar-refractivity contribution is -0.144. The van der Waals surface area contributed by atoms with Gasteiger partial charge < -0.3 is 10.6 Å². The van der Waals surface area contributed by atoms with Crippen LogP contribution in [-0.4, -0.2) is 53.1 Å². The SMILES string of the molecule is CC1=NC2C=CC(CNC(=O)Nc3cccc(C)c3)=CC2C(=O)N1C1CCC(=O)NC1=O. The fourth-order valence-corrected chi connectivity index (χ4v) is 4.17. The molecule has 0 radical (unpaired) electrons. The second-order valence-electron chi connectivity index (χ2n) is 8.15. The molecule has 3 aliphatic rings. The van der Waals surface area contributed by atoms with Crippen molar-refractivity contribution in [2.75, 3.05) is 11.9 Å². The number of hydrogen-bond donors (Lipinski definition) is 3. The van der Waals surface area contributed by atoms with Crippen molar-refractivity contribution in [2.45, 2.75) is 38.8 Å². The summed E-state index contributed by atoms with van der Waals surface area (Å²) in [5, 5.41) is 7.87. The van der Waals surface area contributed by atoms with E-state index in [0.29, 0.717) is 11.5 Å². The topological polar surface area (TPSA) is 120 Å². The zero-order valence-corrected chi connectivity index (χ0v) is 17.9. The number of piperidine rings is 1. The predicted molar refractivity (Wildman–Crippen MR) is 119 cm³/mol. The Morgan fingerprint density at radius 1 is 1.25 bits per heavy atom. The average molecular weight is 435 g/mol. The van der Waals surface area contributed by atoms with Crippen LogP contribution < -0.4 is 16.0 Å². The molecule has 0 bridgehead atoms. The number of nitrogens with one attached hydrogen (secondary N) is 3. The average Bonchev–Trinajstić information content (AvgIpc) is 2.74. The summed E-state index contributed by atoms with van der Waals surface area (Å²) in [7, 11) is 0. The smallest absolute Gasteiger partial charge is 0.319 e. The van der Waals surface area contributed by atoms with E-state index in [9.17, 15) is 19.2 Å². The van der Waals surface area contributed by atoms with Gasteiger partial charge in [-0.1, -0.05) is 30.4 Å². The summed E-state index contributed by atoms with van der Waals surface area (Å²) in [6, 6.07) is 6.04. The normalized spacial score (nSPS) is 24.9. The fraction of sp³-hybridized carbons (Fsp3) is 0.348. The van der Waals surface area contributed by atoms with Gasteiger partial charge in [0.15, 0.2) is 0 Å². The summed E-state index contributed by atoms with van der Waals surface area (Å²) < 4.78 is 0. The molecule has 3 atom stereocenters. The fourth-order valence-electron chi connectivity index (χ4n) is 4.17. The maximum absolute atomic E-state index is 13.3. The third kappa shape index (κ3) is 4.46. The highest BCUT2D eigenvalue weighted by Gasteiger charge is 2.43. The van der Waals surface area contributed by atoms with E-state index in [4.69, 9.17) is 0 Å². The molecule has 1 saturated heterocycles. The minimum Gasteiger partial charge on any atom is -0.334 e. The molecule has 1 aromatic rings. The second kappa shape index (κ2) is 8.78. The Labute approximate surface area is 185 Å².